The molecule has 3 aromatic rings. The maximum Gasteiger partial charge on any atom is 0.132 e. The van der Waals surface area contributed by atoms with Gasteiger partial charge in [0.1, 0.15) is 5.82 Å². The van der Waals surface area contributed by atoms with Gasteiger partial charge in [-0.2, -0.15) is 0 Å². The van der Waals surface area contributed by atoms with Crippen LogP contribution in [-0.2, 0) is 0 Å². The van der Waals surface area contributed by atoms with Crippen LogP contribution in [0, 0.1) is 6.92 Å². The number of aromatic nitrogens is 2. The molecule has 0 saturated heterocycles. The first-order valence-electron chi connectivity index (χ1n) is 6.55. The second kappa shape index (κ2) is 5.53. The van der Waals surface area contributed by atoms with Crippen LogP contribution in [0.25, 0.3) is 16.7 Å². The van der Waals surface area contributed by atoms with Crippen LogP contribution in [-0.4, -0.2) is 9.55 Å². The van der Waals surface area contributed by atoms with Gasteiger partial charge in [-0.05, 0) is 49.7 Å². The van der Waals surface area contributed by atoms with Crippen molar-refractivity contribution in [2.75, 3.05) is 0 Å². The third kappa shape index (κ3) is 2.76. The molecule has 2 aromatic carbocycles. The molecule has 3 rings (SSSR count). The fourth-order valence-electron chi connectivity index (χ4n) is 2.41. The van der Waals surface area contributed by atoms with Gasteiger partial charge < -0.3 is 0 Å². The molecule has 0 saturated carbocycles. The highest BCUT2D eigenvalue weighted by molar-refractivity contribution is 6.34. The highest BCUT2D eigenvalue weighted by Crippen LogP contribution is 2.31. The van der Waals surface area contributed by atoms with E-state index in [1.807, 2.05) is 42.7 Å². The minimum absolute atomic E-state index is 0.226. The van der Waals surface area contributed by atoms with Gasteiger partial charge in [0.2, 0.25) is 0 Å². The Bertz CT molecular complexity index is 801. The largest absolute Gasteiger partial charge is 0.295 e. The summed E-state index contributed by atoms with van der Waals surface area (Å²) in [5.41, 5.74) is 3.92. The number of hydrogen-bond acceptors (Lipinski definition) is 1. The van der Waals surface area contributed by atoms with Crippen molar-refractivity contribution in [3.8, 4) is 5.69 Å². The molecule has 2 nitrogen and oxygen atoms in total. The standard InChI is InChI=1S/C16H13Cl3N2/c1-9-3-4-14-15(5-9)21(16(20-14)10(2)17)13-7-11(18)6-12(19)8-13/h3-8,10H,1-2H3. The molecule has 0 radical (unpaired) electrons. The molecule has 0 N–H and O–H groups in total. The van der Waals surface area contributed by atoms with Crippen LogP contribution in [0.1, 0.15) is 23.7 Å². The van der Waals surface area contributed by atoms with Crippen LogP contribution in [0.15, 0.2) is 36.4 Å². The SMILES string of the molecule is Cc1ccc2nc(C(C)Cl)n(-c3cc(Cl)cc(Cl)c3)c2c1. The normalized spacial score (nSPS) is 12.8. The zero-order chi connectivity index (χ0) is 15.1. The van der Waals surface area contributed by atoms with E-state index < -0.39 is 0 Å². The number of imidazole rings is 1. The summed E-state index contributed by atoms with van der Waals surface area (Å²) in [6.07, 6.45) is 0. The molecule has 0 amide bonds. The number of hydrogen-bond donors (Lipinski definition) is 0. The lowest BCUT2D eigenvalue weighted by atomic mass is 10.2. The Morgan fingerprint density at radius 2 is 1.71 bits per heavy atom. The van der Waals surface area contributed by atoms with Crippen molar-refractivity contribution in [2.45, 2.75) is 19.2 Å². The second-order valence-electron chi connectivity index (χ2n) is 5.04. The van der Waals surface area contributed by atoms with E-state index in [9.17, 15) is 0 Å². The molecular weight excluding hydrogens is 327 g/mol. The van der Waals surface area contributed by atoms with Gasteiger partial charge in [0, 0.05) is 10.0 Å². The van der Waals surface area contributed by atoms with Crippen LogP contribution in [0.3, 0.4) is 0 Å². The Hall–Kier alpha value is -1.22. The van der Waals surface area contributed by atoms with Crippen LogP contribution < -0.4 is 0 Å². The number of benzene rings is 2. The van der Waals surface area contributed by atoms with Gasteiger partial charge in [0.25, 0.3) is 0 Å². The molecule has 1 atom stereocenters. The van der Waals surface area contributed by atoms with E-state index in [4.69, 9.17) is 34.8 Å². The number of fused-ring (bicyclic) bond motifs is 1. The van der Waals surface area contributed by atoms with Gasteiger partial charge in [0.15, 0.2) is 0 Å². The first-order chi connectivity index (χ1) is 9.95. The predicted molar refractivity (Wildman–Crippen MR) is 90.1 cm³/mol. The molecule has 5 heteroatoms. The number of nitrogens with zero attached hydrogens (tertiary/aromatic N) is 2. The minimum atomic E-state index is -0.226. The predicted octanol–water partition coefficient (Wildman–Crippen LogP) is 5.94. The quantitative estimate of drug-likeness (QED) is 0.528. The third-order valence-corrected chi connectivity index (χ3v) is 3.93. The molecule has 21 heavy (non-hydrogen) atoms. The molecule has 1 unspecified atom stereocenters. The number of alkyl halides is 1. The Labute approximate surface area is 138 Å². The topological polar surface area (TPSA) is 17.8 Å². The van der Waals surface area contributed by atoms with Crippen molar-refractivity contribution in [1.82, 2.24) is 9.55 Å². The maximum absolute atomic E-state index is 6.30. The van der Waals surface area contributed by atoms with Crippen molar-refractivity contribution in [3.63, 3.8) is 0 Å². The maximum atomic E-state index is 6.30. The van der Waals surface area contributed by atoms with Gasteiger partial charge >= 0.3 is 0 Å². The summed E-state index contributed by atoms with van der Waals surface area (Å²) in [6, 6.07) is 11.5. The zero-order valence-corrected chi connectivity index (χ0v) is 13.8. The van der Waals surface area contributed by atoms with E-state index >= 15 is 0 Å². The van der Waals surface area contributed by atoms with Crippen LogP contribution >= 0.6 is 34.8 Å². The van der Waals surface area contributed by atoms with Crippen LogP contribution in [0.4, 0.5) is 0 Å². The summed E-state index contributed by atoms with van der Waals surface area (Å²) in [6.45, 7) is 3.95. The molecule has 1 aromatic heterocycles. The molecule has 0 bridgehead atoms. The molecule has 0 aliphatic heterocycles. The van der Waals surface area contributed by atoms with E-state index in [1.54, 1.807) is 6.07 Å². The molecule has 0 aliphatic rings. The van der Waals surface area contributed by atoms with E-state index in [-0.39, 0.29) is 5.38 Å². The average molecular weight is 340 g/mol. The van der Waals surface area contributed by atoms with Crippen molar-refractivity contribution >= 4 is 45.8 Å². The Morgan fingerprint density at radius 3 is 2.33 bits per heavy atom. The Morgan fingerprint density at radius 1 is 1.05 bits per heavy atom. The summed E-state index contributed by atoms with van der Waals surface area (Å²) in [7, 11) is 0. The number of rotatable bonds is 2. The van der Waals surface area contributed by atoms with Crippen molar-refractivity contribution in [2.24, 2.45) is 0 Å². The molecule has 0 fully saturated rings. The van der Waals surface area contributed by atoms with Crippen molar-refractivity contribution < 1.29 is 0 Å². The van der Waals surface area contributed by atoms with Gasteiger partial charge in [-0.25, -0.2) is 4.98 Å². The van der Waals surface area contributed by atoms with Gasteiger partial charge in [0.05, 0.1) is 22.1 Å². The number of halogens is 3. The van der Waals surface area contributed by atoms with Crippen molar-refractivity contribution in [3.05, 3.63) is 57.8 Å². The monoisotopic (exact) mass is 338 g/mol. The summed E-state index contributed by atoms with van der Waals surface area (Å²) in [4.78, 5) is 4.63. The zero-order valence-electron chi connectivity index (χ0n) is 11.6. The van der Waals surface area contributed by atoms with Gasteiger partial charge in [-0.15, -0.1) is 11.6 Å². The highest BCUT2D eigenvalue weighted by atomic mass is 35.5. The van der Waals surface area contributed by atoms with Gasteiger partial charge in [-0.3, -0.25) is 4.57 Å². The summed E-state index contributed by atoms with van der Waals surface area (Å²) < 4.78 is 2.01. The van der Waals surface area contributed by atoms with E-state index in [2.05, 4.69) is 11.1 Å². The molecule has 0 spiro atoms. The molecule has 108 valence electrons. The number of aryl methyl sites for hydroxylation is 1. The average Bonchev–Trinajstić information content (AvgIpc) is 2.76. The Kier molecular flexibility index (Phi) is 3.87. The molecule has 0 aliphatic carbocycles. The lowest BCUT2D eigenvalue weighted by Gasteiger charge is -2.11. The van der Waals surface area contributed by atoms with E-state index in [0.717, 1.165) is 28.1 Å². The Balaban J connectivity index is 2.38. The lowest BCUT2D eigenvalue weighted by Crippen LogP contribution is -2.02. The highest BCUT2D eigenvalue weighted by Gasteiger charge is 2.17. The first-order valence-corrected chi connectivity index (χ1v) is 7.74. The molecular formula is C16H13Cl3N2. The van der Waals surface area contributed by atoms with E-state index in [0.29, 0.717) is 10.0 Å². The second-order valence-corrected chi connectivity index (χ2v) is 6.57. The molecule has 1 heterocycles. The lowest BCUT2D eigenvalue weighted by molar-refractivity contribution is 0.882. The van der Waals surface area contributed by atoms with Crippen molar-refractivity contribution in [1.29, 1.82) is 0 Å². The first kappa shape index (κ1) is 14.7. The van der Waals surface area contributed by atoms with Gasteiger partial charge in [-0.1, -0.05) is 29.3 Å². The van der Waals surface area contributed by atoms with Crippen LogP contribution in [0.2, 0.25) is 10.0 Å². The fourth-order valence-corrected chi connectivity index (χ4v) is 3.07. The summed E-state index contributed by atoms with van der Waals surface area (Å²) in [5, 5.41) is 0.941. The summed E-state index contributed by atoms with van der Waals surface area (Å²) >= 11 is 18.6. The summed E-state index contributed by atoms with van der Waals surface area (Å²) in [5.74, 6) is 0.774. The third-order valence-electron chi connectivity index (χ3n) is 3.30. The van der Waals surface area contributed by atoms with E-state index in [1.165, 1.54) is 0 Å². The fraction of sp³-hybridized carbons (Fsp3) is 0.188. The minimum Gasteiger partial charge on any atom is -0.295 e. The van der Waals surface area contributed by atoms with Crippen LogP contribution in [0.5, 0.6) is 0 Å². The smallest absolute Gasteiger partial charge is 0.132 e.